The second-order valence-corrected chi connectivity index (χ2v) is 8.96. The van der Waals surface area contributed by atoms with Gasteiger partial charge >= 0.3 is 0 Å². The third-order valence-corrected chi connectivity index (χ3v) is 5.96. The first-order valence-electron chi connectivity index (χ1n) is 8.43. The number of carbonyl (C=O) groups is 3. The quantitative estimate of drug-likeness (QED) is 0.528. The largest absolute Gasteiger partial charge is 0.495 e. The molecule has 0 radical (unpaired) electrons. The van der Waals surface area contributed by atoms with Crippen LogP contribution in [0.4, 0.5) is 10.5 Å². The zero-order valence-electron chi connectivity index (χ0n) is 15.5. The highest BCUT2D eigenvalue weighted by Gasteiger charge is 2.36. The fraction of sp³-hybridized carbons (Fsp3) is 0.150. The standard InChI is InChI=1S/C20H16Br2N2O4S/c1-11-4-3-5-14(6-11)23-17(25)10-24-19(26)16(29-20(24)27)8-12-7-13(21)9-15(22)18(12)28-2/h3-9H,10H2,1-2H3,(H,23,25)/b16-8+. The summed E-state index contributed by atoms with van der Waals surface area (Å²) in [6.45, 7) is 1.56. The van der Waals surface area contributed by atoms with Gasteiger partial charge in [-0.05, 0) is 70.5 Å². The van der Waals surface area contributed by atoms with E-state index in [2.05, 4.69) is 37.2 Å². The lowest BCUT2D eigenvalue weighted by Gasteiger charge is -2.13. The summed E-state index contributed by atoms with van der Waals surface area (Å²) in [5.74, 6) is -0.420. The van der Waals surface area contributed by atoms with Gasteiger partial charge in [-0.2, -0.15) is 0 Å². The van der Waals surface area contributed by atoms with Crippen molar-refractivity contribution in [2.45, 2.75) is 6.92 Å². The van der Waals surface area contributed by atoms with Gasteiger partial charge in [0.2, 0.25) is 5.91 Å². The van der Waals surface area contributed by atoms with Crippen molar-refractivity contribution in [1.29, 1.82) is 0 Å². The van der Waals surface area contributed by atoms with Crippen molar-refractivity contribution in [2.75, 3.05) is 19.0 Å². The maximum atomic E-state index is 12.7. The van der Waals surface area contributed by atoms with Crippen LogP contribution in [0.25, 0.3) is 6.08 Å². The van der Waals surface area contributed by atoms with Gasteiger partial charge in [-0.3, -0.25) is 19.3 Å². The van der Waals surface area contributed by atoms with E-state index >= 15 is 0 Å². The lowest BCUT2D eigenvalue weighted by Crippen LogP contribution is -2.36. The number of imide groups is 1. The highest BCUT2D eigenvalue weighted by Crippen LogP contribution is 2.38. The maximum Gasteiger partial charge on any atom is 0.294 e. The van der Waals surface area contributed by atoms with Crippen LogP contribution in [-0.4, -0.2) is 35.6 Å². The Morgan fingerprint density at radius 2 is 2.00 bits per heavy atom. The minimum Gasteiger partial charge on any atom is -0.495 e. The Hall–Kier alpha value is -2.10. The normalized spacial score (nSPS) is 15.2. The van der Waals surface area contributed by atoms with Gasteiger partial charge in [0, 0.05) is 15.7 Å². The van der Waals surface area contributed by atoms with Gasteiger partial charge in [-0.1, -0.05) is 28.1 Å². The first-order chi connectivity index (χ1) is 13.8. The fourth-order valence-corrected chi connectivity index (χ4v) is 5.00. The van der Waals surface area contributed by atoms with Gasteiger partial charge in [-0.25, -0.2) is 0 Å². The van der Waals surface area contributed by atoms with Crippen LogP contribution in [0.1, 0.15) is 11.1 Å². The number of carbonyl (C=O) groups excluding carboxylic acids is 3. The number of hydrogen-bond donors (Lipinski definition) is 1. The molecule has 1 fully saturated rings. The van der Waals surface area contributed by atoms with Crippen molar-refractivity contribution in [2.24, 2.45) is 0 Å². The molecule has 0 unspecified atom stereocenters. The third-order valence-electron chi connectivity index (χ3n) is 4.00. The lowest BCUT2D eigenvalue weighted by molar-refractivity contribution is -0.127. The Morgan fingerprint density at radius 1 is 1.24 bits per heavy atom. The Bertz CT molecular complexity index is 1040. The maximum absolute atomic E-state index is 12.7. The van der Waals surface area contributed by atoms with Gasteiger partial charge in [-0.15, -0.1) is 0 Å². The molecule has 0 aliphatic carbocycles. The summed E-state index contributed by atoms with van der Waals surface area (Å²) in [5, 5.41) is 2.21. The highest BCUT2D eigenvalue weighted by molar-refractivity contribution is 9.11. The first-order valence-corrected chi connectivity index (χ1v) is 10.8. The van der Waals surface area contributed by atoms with Crippen molar-refractivity contribution in [3.63, 3.8) is 0 Å². The minimum absolute atomic E-state index is 0.224. The number of rotatable bonds is 5. The van der Waals surface area contributed by atoms with Gasteiger partial charge < -0.3 is 10.1 Å². The van der Waals surface area contributed by atoms with Gasteiger partial charge in [0.15, 0.2) is 0 Å². The summed E-state index contributed by atoms with van der Waals surface area (Å²) < 4.78 is 6.87. The van der Waals surface area contributed by atoms with Gasteiger partial charge in [0.05, 0.1) is 16.5 Å². The molecule has 2 aromatic rings. The molecule has 0 bridgehead atoms. The van der Waals surface area contributed by atoms with E-state index in [4.69, 9.17) is 4.74 Å². The molecule has 2 aromatic carbocycles. The van der Waals surface area contributed by atoms with E-state index in [-0.39, 0.29) is 11.4 Å². The van der Waals surface area contributed by atoms with E-state index in [9.17, 15) is 14.4 Å². The second-order valence-electron chi connectivity index (χ2n) is 6.20. The summed E-state index contributed by atoms with van der Waals surface area (Å²) in [6.07, 6.45) is 1.58. The number of anilines is 1. The smallest absolute Gasteiger partial charge is 0.294 e. The third kappa shape index (κ3) is 5.09. The number of aryl methyl sites for hydroxylation is 1. The van der Waals surface area contributed by atoms with Crippen molar-refractivity contribution < 1.29 is 19.1 Å². The molecular weight excluding hydrogens is 524 g/mol. The number of benzene rings is 2. The summed E-state index contributed by atoms with van der Waals surface area (Å²) in [6, 6.07) is 10.9. The number of halogens is 2. The topological polar surface area (TPSA) is 75.7 Å². The minimum atomic E-state index is -0.516. The van der Waals surface area contributed by atoms with E-state index in [1.165, 1.54) is 7.11 Å². The van der Waals surface area contributed by atoms with Crippen molar-refractivity contribution in [3.8, 4) is 5.75 Å². The number of thioether (sulfide) groups is 1. The summed E-state index contributed by atoms with van der Waals surface area (Å²) in [4.78, 5) is 38.5. The lowest BCUT2D eigenvalue weighted by atomic mass is 10.2. The zero-order valence-corrected chi connectivity index (χ0v) is 19.5. The van der Waals surface area contributed by atoms with E-state index in [1.54, 1.807) is 18.2 Å². The molecule has 1 saturated heterocycles. The Kier molecular flexibility index (Phi) is 6.81. The summed E-state index contributed by atoms with van der Waals surface area (Å²) in [5.41, 5.74) is 2.23. The molecule has 6 nitrogen and oxygen atoms in total. The molecule has 3 rings (SSSR count). The van der Waals surface area contributed by atoms with Crippen molar-refractivity contribution in [3.05, 3.63) is 61.4 Å². The molecule has 29 heavy (non-hydrogen) atoms. The molecule has 1 heterocycles. The molecule has 0 aromatic heterocycles. The highest BCUT2D eigenvalue weighted by atomic mass is 79.9. The van der Waals surface area contributed by atoms with Crippen LogP contribution in [0.15, 0.2) is 50.2 Å². The fourth-order valence-electron chi connectivity index (χ4n) is 2.75. The number of nitrogens with zero attached hydrogens (tertiary/aromatic N) is 1. The second kappa shape index (κ2) is 9.15. The van der Waals surface area contributed by atoms with Crippen LogP contribution in [0.2, 0.25) is 0 Å². The molecular formula is C20H16Br2N2O4S. The summed E-state index contributed by atoms with van der Waals surface area (Å²) in [7, 11) is 1.52. The van der Waals surface area contributed by atoms with Crippen LogP contribution in [0.5, 0.6) is 5.75 Å². The monoisotopic (exact) mass is 538 g/mol. The molecule has 0 spiro atoms. The van der Waals surface area contributed by atoms with Crippen LogP contribution in [-0.2, 0) is 9.59 Å². The predicted molar refractivity (Wildman–Crippen MR) is 121 cm³/mol. The number of ether oxygens (including phenoxy) is 1. The molecule has 150 valence electrons. The number of amides is 3. The van der Waals surface area contributed by atoms with Crippen LogP contribution in [0.3, 0.4) is 0 Å². The number of methoxy groups -OCH3 is 1. The number of hydrogen-bond acceptors (Lipinski definition) is 5. The molecule has 1 aliphatic heterocycles. The first kappa shape index (κ1) is 21.6. The predicted octanol–water partition coefficient (Wildman–Crippen LogP) is 5.20. The van der Waals surface area contributed by atoms with Gasteiger partial charge in [0.25, 0.3) is 11.1 Å². The molecule has 0 saturated carbocycles. The average molecular weight is 540 g/mol. The van der Waals surface area contributed by atoms with Crippen molar-refractivity contribution >= 4 is 72.4 Å². The number of nitrogens with one attached hydrogen (secondary N) is 1. The van der Waals surface area contributed by atoms with Crippen molar-refractivity contribution in [1.82, 2.24) is 4.90 Å². The van der Waals surface area contributed by atoms with E-state index in [0.29, 0.717) is 21.5 Å². The molecule has 1 N–H and O–H groups in total. The molecule has 1 aliphatic rings. The Labute approximate surface area is 188 Å². The Balaban J connectivity index is 1.78. The van der Waals surface area contributed by atoms with Crippen LogP contribution in [0, 0.1) is 6.92 Å². The van der Waals surface area contributed by atoms with E-state index < -0.39 is 17.1 Å². The van der Waals surface area contributed by atoms with Crippen LogP contribution >= 0.6 is 43.6 Å². The van der Waals surface area contributed by atoms with E-state index in [0.717, 1.165) is 26.7 Å². The summed E-state index contributed by atoms with van der Waals surface area (Å²) >= 11 is 7.60. The zero-order chi connectivity index (χ0) is 21.1. The Morgan fingerprint density at radius 3 is 2.69 bits per heavy atom. The van der Waals surface area contributed by atoms with Gasteiger partial charge in [0.1, 0.15) is 12.3 Å². The molecule has 3 amide bonds. The SMILES string of the molecule is COc1c(Br)cc(Br)cc1/C=C1/SC(=O)N(CC(=O)Nc2cccc(C)c2)C1=O. The molecule has 0 atom stereocenters. The molecule has 9 heteroatoms. The van der Waals surface area contributed by atoms with E-state index in [1.807, 2.05) is 31.2 Å². The van der Waals surface area contributed by atoms with Crippen LogP contribution < -0.4 is 10.1 Å². The average Bonchev–Trinajstić information content (AvgIpc) is 2.89.